The van der Waals surface area contributed by atoms with Crippen molar-refractivity contribution < 1.29 is 19.4 Å². The molecule has 3 heterocycles. The van der Waals surface area contributed by atoms with Crippen molar-refractivity contribution in [2.24, 2.45) is 10.7 Å². The van der Waals surface area contributed by atoms with Gasteiger partial charge in [0.05, 0.1) is 29.0 Å². The monoisotopic (exact) mass is 588 g/mol. The van der Waals surface area contributed by atoms with E-state index in [2.05, 4.69) is 9.89 Å². The number of aliphatic hydroxyl groups excluding tert-OH is 1. The smallest absolute Gasteiger partial charge is 0.410 e. The summed E-state index contributed by atoms with van der Waals surface area (Å²) >= 11 is 13.1. The van der Waals surface area contributed by atoms with Crippen LogP contribution in [0.1, 0.15) is 31.0 Å². The summed E-state index contributed by atoms with van der Waals surface area (Å²) in [6.45, 7) is 6.32. The summed E-state index contributed by atoms with van der Waals surface area (Å²) < 4.78 is 10.7. The van der Waals surface area contributed by atoms with Gasteiger partial charge in [-0.3, -0.25) is 4.99 Å². The van der Waals surface area contributed by atoms with Gasteiger partial charge in [-0.2, -0.15) is 0 Å². The minimum absolute atomic E-state index is 0.164. The first kappa shape index (κ1) is 29.6. The predicted octanol–water partition coefficient (Wildman–Crippen LogP) is 4.30. The van der Waals surface area contributed by atoms with E-state index in [0.29, 0.717) is 72.0 Å². The molecule has 0 bridgehead atoms. The van der Waals surface area contributed by atoms with Gasteiger partial charge in [0, 0.05) is 50.6 Å². The average molecular weight is 590 g/mol. The largest absolute Gasteiger partial charge is 0.491 e. The number of hydrogen-bond acceptors (Lipinski definition) is 9. The highest BCUT2D eigenvalue weighted by atomic mass is 35.5. The predicted molar refractivity (Wildman–Crippen MR) is 157 cm³/mol. The fourth-order valence-corrected chi connectivity index (χ4v) is 5.31. The second kappa shape index (κ2) is 12.9. The van der Waals surface area contributed by atoms with Crippen LogP contribution >= 0.6 is 23.2 Å². The van der Waals surface area contributed by atoms with Crippen LogP contribution < -0.4 is 15.4 Å². The zero-order valence-corrected chi connectivity index (χ0v) is 24.6. The number of nitrogens with two attached hydrogens (primary N) is 1. The first-order valence-electron chi connectivity index (χ1n) is 13.0. The van der Waals surface area contributed by atoms with Gasteiger partial charge < -0.3 is 30.1 Å². The maximum Gasteiger partial charge on any atom is 0.410 e. The number of methoxy groups -OCH3 is 1. The molecule has 12 heteroatoms. The van der Waals surface area contributed by atoms with E-state index in [4.69, 9.17) is 48.4 Å². The summed E-state index contributed by atoms with van der Waals surface area (Å²) in [5, 5.41) is 10.8. The molecule has 4 rings (SSSR count). The van der Waals surface area contributed by atoms with Gasteiger partial charge in [-0.15, -0.1) is 0 Å². The molecule has 2 aliphatic heterocycles. The van der Waals surface area contributed by atoms with Gasteiger partial charge in [0.1, 0.15) is 23.9 Å². The lowest BCUT2D eigenvalue weighted by Crippen LogP contribution is -2.34. The minimum Gasteiger partial charge on any atom is -0.491 e. The van der Waals surface area contributed by atoms with Crippen LogP contribution in [0.5, 0.6) is 5.75 Å². The van der Waals surface area contributed by atoms with Crippen LogP contribution in [0, 0.1) is 6.92 Å². The molecule has 10 nitrogen and oxygen atoms in total. The van der Waals surface area contributed by atoms with Crippen LogP contribution in [0.25, 0.3) is 11.4 Å². The summed E-state index contributed by atoms with van der Waals surface area (Å²) in [5.74, 6) is 1.60. The number of allylic oxidation sites excluding steroid dienone is 1. The van der Waals surface area contributed by atoms with Crippen LogP contribution in [0.4, 0.5) is 10.6 Å². The Balaban J connectivity index is 1.73. The van der Waals surface area contributed by atoms with Gasteiger partial charge in [-0.1, -0.05) is 36.5 Å². The first-order valence-corrected chi connectivity index (χ1v) is 13.8. The molecular weight excluding hydrogens is 555 g/mol. The third-order valence-electron chi connectivity index (χ3n) is 6.94. The molecule has 0 unspecified atom stereocenters. The molecule has 1 aromatic carbocycles. The molecule has 2 aromatic rings. The Hall–Kier alpha value is -3.34. The molecule has 3 N–H and O–H groups in total. The van der Waals surface area contributed by atoms with Crippen molar-refractivity contribution in [2.75, 3.05) is 51.8 Å². The summed E-state index contributed by atoms with van der Waals surface area (Å²) in [6.07, 6.45) is 1.88. The fourth-order valence-electron chi connectivity index (χ4n) is 4.93. The Morgan fingerprint density at radius 1 is 1.25 bits per heavy atom. The Kier molecular flexibility index (Phi) is 9.55. The number of aromatic nitrogens is 2. The highest BCUT2D eigenvalue weighted by molar-refractivity contribution is 6.46. The molecule has 2 aliphatic rings. The second-order valence-corrected chi connectivity index (χ2v) is 10.5. The lowest BCUT2D eigenvalue weighted by atomic mass is 10.1. The average Bonchev–Trinajstić information content (AvgIpc) is 3.53. The number of aliphatic imine (C=N–C) groups is 1. The topological polar surface area (TPSA) is 126 Å². The number of aliphatic hydroxyl groups is 1. The summed E-state index contributed by atoms with van der Waals surface area (Å²) in [6, 6.07) is 5.23. The molecular formula is C28H34Cl2N6O4. The van der Waals surface area contributed by atoms with E-state index in [9.17, 15) is 9.90 Å². The molecule has 1 aromatic heterocycles. The number of halogens is 2. The van der Waals surface area contributed by atoms with Gasteiger partial charge in [0.25, 0.3) is 0 Å². The highest BCUT2D eigenvalue weighted by Gasteiger charge is 2.34. The van der Waals surface area contributed by atoms with E-state index in [1.807, 2.05) is 13.8 Å². The Morgan fingerprint density at radius 2 is 1.95 bits per heavy atom. The van der Waals surface area contributed by atoms with Crippen molar-refractivity contribution in [3.63, 3.8) is 0 Å². The second-order valence-electron chi connectivity index (χ2n) is 9.72. The Bertz CT molecular complexity index is 1360. The van der Waals surface area contributed by atoms with Crippen molar-refractivity contribution >= 4 is 40.8 Å². The van der Waals surface area contributed by atoms with E-state index >= 15 is 0 Å². The molecule has 214 valence electrons. The fraction of sp³-hybridized carbons (Fsp3) is 0.429. The first-order chi connectivity index (χ1) is 19.2. The summed E-state index contributed by atoms with van der Waals surface area (Å²) in [5.41, 5.74) is 10.4. The molecule has 0 spiro atoms. The van der Waals surface area contributed by atoms with Crippen molar-refractivity contribution in [1.82, 2.24) is 14.9 Å². The maximum atomic E-state index is 12.0. The number of benzene rings is 1. The minimum atomic E-state index is -0.564. The van der Waals surface area contributed by atoms with Crippen LogP contribution in [0.15, 0.2) is 45.6 Å². The normalized spacial score (nSPS) is 16.5. The summed E-state index contributed by atoms with van der Waals surface area (Å²) in [4.78, 5) is 30.0. The molecule has 0 saturated carbocycles. The highest BCUT2D eigenvalue weighted by Crippen LogP contribution is 2.36. The lowest BCUT2D eigenvalue weighted by Gasteiger charge is -2.25. The van der Waals surface area contributed by atoms with Crippen molar-refractivity contribution in [3.05, 3.63) is 56.9 Å². The molecule has 1 atom stereocenters. The van der Waals surface area contributed by atoms with Gasteiger partial charge in [0.15, 0.2) is 5.82 Å². The van der Waals surface area contributed by atoms with Crippen molar-refractivity contribution in [1.29, 1.82) is 0 Å². The van der Waals surface area contributed by atoms with Crippen LogP contribution in [-0.2, 0) is 4.74 Å². The van der Waals surface area contributed by atoms with Crippen LogP contribution in [0.2, 0.25) is 5.02 Å². The maximum absolute atomic E-state index is 12.0. The molecule has 0 aliphatic carbocycles. The van der Waals surface area contributed by atoms with E-state index in [0.717, 1.165) is 23.1 Å². The van der Waals surface area contributed by atoms with E-state index in [-0.39, 0.29) is 17.7 Å². The number of carbonyl (C=O) groups is 1. The zero-order chi connectivity index (χ0) is 29.0. The summed E-state index contributed by atoms with van der Waals surface area (Å²) in [7, 11) is 3.01. The van der Waals surface area contributed by atoms with E-state index in [1.54, 1.807) is 30.1 Å². The third-order valence-corrected chi connectivity index (χ3v) is 7.58. The van der Waals surface area contributed by atoms with E-state index < -0.39 is 6.10 Å². The Labute approximate surface area is 244 Å². The van der Waals surface area contributed by atoms with Crippen LogP contribution in [-0.4, -0.2) is 84.8 Å². The standard InChI is InChI=1S/C28H34Cl2N6O4/c1-5-6-19(37)15-40-20-7-8-22(29)21(9-20)26-33-24(25(32-3)23(30)10-31)16(2)27(34-26)35-11-17-13-36(28(38)39-4)14-18(17)12-35/h7-10,19,37H,5-6,11-15,31H2,1-4H3/t19-/m1/s1. The van der Waals surface area contributed by atoms with Gasteiger partial charge in [0.2, 0.25) is 0 Å². The van der Waals surface area contributed by atoms with Gasteiger partial charge in [-0.05, 0) is 42.7 Å². The van der Waals surface area contributed by atoms with Crippen molar-refractivity contribution in [3.8, 4) is 17.1 Å². The quantitative estimate of drug-likeness (QED) is 0.328. The number of rotatable bonds is 9. The number of ether oxygens (including phenoxy) is 2. The molecule has 40 heavy (non-hydrogen) atoms. The molecule has 0 radical (unpaired) electrons. The third kappa shape index (κ3) is 6.19. The zero-order valence-electron chi connectivity index (χ0n) is 23.1. The SMILES string of the molecule is CCC[C@@H](O)COc1ccc(Cl)c(-c2nc(C(=NC)C(Cl)=CN)c(C)c(N3CC4=C(CN(C(=O)OC)C4)C3)n2)c1. The molecule has 0 fully saturated rings. The van der Waals surface area contributed by atoms with E-state index in [1.165, 1.54) is 13.3 Å². The Morgan fingerprint density at radius 3 is 2.55 bits per heavy atom. The lowest BCUT2D eigenvalue weighted by molar-refractivity contribution is 0.0994. The molecule has 0 saturated heterocycles. The van der Waals surface area contributed by atoms with Gasteiger partial charge in [-0.25, -0.2) is 14.8 Å². The molecule has 1 amide bonds. The number of anilines is 1. The van der Waals surface area contributed by atoms with Gasteiger partial charge >= 0.3 is 6.09 Å². The number of carbonyl (C=O) groups excluding carboxylic acids is 1. The number of hydrogen-bond donors (Lipinski definition) is 2. The number of amides is 1. The van der Waals surface area contributed by atoms with Crippen LogP contribution in [0.3, 0.4) is 0 Å². The number of nitrogens with zero attached hydrogens (tertiary/aromatic N) is 5. The van der Waals surface area contributed by atoms with Crippen molar-refractivity contribution in [2.45, 2.75) is 32.8 Å².